The number of hydrogen-bond donors (Lipinski definition) is 0. The molecule has 2 heterocycles. The van der Waals surface area contributed by atoms with Crippen molar-refractivity contribution in [3.8, 4) is 28.4 Å². The number of hydrogen-bond acceptors (Lipinski definition) is 7. The Hall–Kier alpha value is -5.11. The summed E-state index contributed by atoms with van der Waals surface area (Å²) in [5.41, 5.74) is 3.46. The zero-order valence-electron chi connectivity index (χ0n) is 23.3. The lowest BCUT2D eigenvalue weighted by Gasteiger charge is -2.20. The predicted octanol–water partition coefficient (Wildman–Crippen LogP) is 5.80. The van der Waals surface area contributed by atoms with Crippen LogP contribution in [-0.2, 0) is 17.9 Å². The quantitative estimate of drug-likeness (QED) is 0.214. The third-order valence-electron chi connectivity index (χ3n) is 6.97. The Morgan fingerprint density at radius 1 is 0.854 bits per heavy atom. The largest absolute Gasteiger partial charge is 0.496 e. The summed E-state index contributed by atoms with van der Waals surface area (Å²) in [5.74, 6) is 1.04. The molecule has 0 aliphatic rings. The zero-order valence-corrected chi connectivity index (χ0v) is 23.3. The van der Waals surface area contributed by atoms with Gasteiger partial charge in [-0.05, 0) is 65.4 Å². The number of fused-ring (bicyclic) bond motifs is 1. The molecule has 8 nitrogen and oxygen atoms in total. The van der Waals surface area contributed by atoms with Crippen LogP contribution in [-0.4, -0.2) is 36.8 Å². The molecule has 3 aromatic carbocycles. The Morgan fingerprint density at radius 2 is 1.56 bits per heavy atom. The number of pyridine rings is 2. The third kappa shape index (κ3) is 5.49. The number of rotatable bonds is 9. The van der Waals surface area contributed by atoms with Crippen molar-refractivity contribution in [2.24, 2.45) is 0 Å². The van der Waals surface area contributed by atoms with Crippen molar-refractivity contribution < 1.29 is 23.7 Å². The first-order chi connectivity index (χ1) is 19.9. The van der Waals surface area contributed by atoms with Crippen LogP contribution >= 0.6 is 0 Å². The Bertz CT molecular complexity index is 1740. The molecular weight excluding hydrogens is 520 g/mol. The topological polar surface area (TPSA) is 88.9 Å². The molecule has 0 atom stereocenters. The van der Waals surface area contributed by atoms with Crippen LogP contribution in [0.2, 0.25) is 0 Å². The van der Waals surface area contributed by atoms with E-state index < -0.39 is 5.97 Å². The molecule has 0 unspecified atom stereocenters. The molecule has 8 heteroatoms. The number of carbonyl (C=O) groups excluding carboxylic acids is 1. The summed E-state index contributed by atoms with van der Waals surface area (Å²) in [4.78, 5) is 31.7. The standard InChI is InChI=1S/C33H30N2O6/c1-21-28(38-2)15-24(16-29(21)39-3)30-26-13-12-25(41-20-22-9-6-5-7-10-22)17-27(26)32(36)35(31(30)33(37)40-4)19-23-11-8-14-34-18-23/h5-18H,19-20H2,1-4H3. The van der Waals surface area contributed by atoms with E-state index >= 15 is 0 Å². The van der Waals surface area contributed by atoms with Gasteiger partial charge in [0.1, 0.15) is 29.5 Å². The van der Waals surface area contributed by atoms with Gasteiger partial charge >= 0.3 is 5.97 Å². The maximum absolute atomic E-state index is 14.1. The SMILES string of the molecule is COC(=O)c1c(-c2cc(OC)c(C)c(OC)c2)c2ccc(OCc3ccccc3)cc2c(=O)n1Cc1cccnc1. The first-order valence-electron chi connectivity index (χ1n) is 13.0. The molecule has 0 bridgehead atoms. The molecule has 0 saturated heterocycles. The monoisotopic (exact) mass is 550 g/mol. The van der Waals surface area contributed by atoms with Crippen LogP contribution < -0.4 is 19.8 Å². The van der Waals surface area contributed by atoms with E-state index in [1.807, 2.05) is 55.5 Å². The highest BCUT2D eigenvalue weighted by Crippen LogP contribution is 2.39. The number of benzene rings is 3. The fourth-order valence-electron chi connectivity index (χ4n) is 4.92. The highest BCUT2D eigenvalue weighted by molar-refractivity contribution is 6.07. The summed E-state index contributed by atoms with van der Waals surface area (Å²) in [6.45, 7) is 2.34. The second-order valence-electron chi connectivity index (χ2n) is 9.46. The highest BCUT2D eigenvalue weighted by atomic mass is 16.5. The summed E-state index contributed by atoms with van der Waals surface area (Å²) in [7, 11) is 4.45. The van der Waals surface area contributed by atoms with Crippen LogP contribution in [0.3, 0.4) is 0 Å². The van der Waals surface area contributed by atoms with Gasteiger partial charge in [0.2, 0.25) is 0 Å². The van der Waals surface area contributed by atoms with E-state index in [1.165, 1.54) is 11.7 Å². The van der Waals surface area contributed by atoms with E-state index in [0.29, 0.717) is 45.8 Å². The van der Waals surface area contributed by atoms with Gasteiger partial charge in [-0.3, -0.25) is 14.3 Å². The average molecular weight is 551 g/mol. The van der Waals surface area contributed by atoms with Crippen molar-refractivity contribution in [1.29, 1.82) is 0 Å². The zero-order chi connectivity index (χ0) is 28.9. The van der Waals surface area contributed by atoms with E-state index in [-0.39, 0.29) is 17.8 Å². The van der Waals surface area contributed by atoms with Crippen LogP contribution in [0.5, 0.6) is 17.2 Å². The summed E-state index contributed by atoms with van der Waals surface area (Å²) in [5, 5.41) is 0.957. The van der Waals surface area contributed by atoms with E-state index in [4.69, 9.17) is 18.9 Å². The first-order valence-corrected chi connectivity index (χ1v) is 13.0. The predicted molar refractivity (Wildman–Crippen MR) is 157 cm³/mol. The number of nitrogens with zero attached hydrogens (tertiary/aromatic N) is 2. The Balaban J connectivity index is 1.79. The van der Waals surface area contributed by atoms with Crippen molar-refractivity contribution in [1.82, 2.24) is 9.55 Å². The van der Waals surface area contributed by atoms with Crippen LogP contribution in [0, 0.1) is 6.92 Å². The molecule has 5 aromatic rings. The molecule has 41 heavy (non-hydrogen) atoms. The number of methoxy groups -OCH3 is 3. The minimum absolute atomic E-state index is 0.106. The first kappa shape index (κ1) is 27.5. The number of aromatic nitrogens is 2. The van der Waals surface area contributed by atoms with Crippen LogP contribution in [0.25, 0.3) is 21.9 Å². The molecule has 0 N–H and O–H groups in total. The molecule has 0 fully saturated rings. The maximum atomic E-state index is 14.1. The lowest BCUT2D eigenvalue weighted by molar-refractivity contribution is 0.0588. The molecule has 0 amide bonds. The minimum atomic E-state index is -0.647. The van der Waals surface area contributed by atoms with Gasteiger partial charge in [-0.15, -0.1) is 0 Å². The van der Waals surface area contributed by atoms with Crippen molar-refractivity contribution in [2.75, 3.05) is 21.3 Å². The van der Waals surface area contributed by atoms with Gasteiger partial charge in [-0.25, -0.2) is 4.79 Å². The van der Waals surface area contributed by atoms with Crippen molar-refractivity contribution >= 4 is 16.7 Å². The van der Waals surface area contributed by atoms with Crippen molar-refractivity contribution in [2.45, 2.75) is 20.1 Å². The van der Waals surface area contributed by atoms with Gasteiger partial charge in [-0.2, -0.15) is 0 Å². The minimum Gasteiger partial charge on any atom is -0.496 e. The van der Waals surface area contributed by atoms with E-state index in [9.17, 15) is 9.59 Å². The van der Waals surface area contributed by atoms with Gasteiger partial charge in [0.25, 0.3) is 5.56 Å². The fraction of sp³-hybridized carbons (Fsp3) is 0.182. The second-order valence-corrected chi connectivity index (χ2v) is 9.46. The molecule has 0 radical (unpaired) electrons. The van der Waals surface area contributed by atoms with E-state index in [0.717, 1.165) is 16.7 Å². The van der Waals surface area contributed by atoms with Crippen molar-refractivity contribution in [3.05, 3.63) is 118 Å². The molecule has 0 aliphatic heterocycles. The third-order valence-corrected chi connectivity index (χ3v) is 6.97. The summed E-state index contributed by atoms with van der Waals surface area (Å²) < 4.78 is 24.0. The summed E-state index contributed by atoms with van der Waals surface area (Å²) >= 11 is 0. The van der Waals surface area contributed by atoms with Crippen LogP contribution in [0.15, 0.2) is 90.0 Å². The maximum Gasteiger partial charge on any atom is 0.355 e. The molecular formula is C33H30N2O6. The number of ether oxygens (including phenoxy) is 4. The van der Waals surface area contributed by atoms with E-state index in [1.54, 1.807) is 50.9 Å². The second kappa shape index (κ2) is 12.0. The van der Waals surface area contributed by atoms with Crippen molar-refractivity contribution in [3.63, 3.8) is 0 Å². The van der Waals surface area contributed by atoms with E-state index in [2.05, 4.69) is 4.98 Å². The Kier molecular flexibility index (Phi) is 8.01. The lowest BCUT2D eigenvalue weighted by Crippen LogP contribution is -2.28. The van der Waals surface area contributed by atoms with Crippen LogP contribution in [0.4, 0.5) is 0 Å². The van der Waals surface area contributed by atoms with Gasteiger partial charge in [0.15, 0.2) is 0 Å². The Morgan fingerprint density at radius 3 is 2.20 bits per heavy atom. The van der Waals surface area contributed by atoms with Gasteiger partial charge < -0.3 is 18.9 Å². The highest BCUT2D eigenvalue weighted by Gasteiger charge is 2.26. The Labute approximate surface area is 237 Å². The van der Waals surface area contributed by atoms with Crippen LogP contribution in [0.1, 0.15) is 27.2 Å². The van der Waals surface area contributed by atoms with Gasteiger partial charge in [0, 0.05) is 23.5 Å². The molecule has 0 spiro atoms. The number of esters is 1. The summed E-state index contributed by atoms with van der Waals surface area (Å²) in [6.07, 6.45) is 3.31. The molecule has 0 aliphatic carbocycles. The average Bonchev–Trinajstić information content (AvgIpc) is 3.02. The summed E-state index contributed by atoms with van der Waals surface area (Å²) in [6, 6.07) is 22.4. The lowest BCUT2D eigenvalue weighted by atomic mass is 9.94. The molecule has 208 valence electrons. The van der Waals surface area contributed by atoms with Gasteiger partial charge in [0.05, 0.1) is 33.3 Å². The molecule has 5 rings (SSSR count). The normalized spacial score (nSPS) is 10.8. The fourth-order valence-corrected chi connectivity index (χ4v) is 4.92. The molecule has 2 aromatic heterocycles. The smallest absolute Gasteiger partial charge is 0.355 e. The molecule has 0 saturated carbocycles. The van der Waals surface area contributed by atoms with Gasteiger partial charge in [-0.1, -0.05) is 36.4 Å². The number of carbonyl (C=O) groups is 1.